The highest BCUT2D eigenvalue weighted by molar-refractivity contribution is 5.45. The van der Waals surface area contributed by atoms with Crippen LogP contribution in [0.2, 0.25) is 0 Å². The lowest BCUT2D eigenvalue weighted by molar-refractivity contribution is 0.830. The van der Waals surface area contributed by atoms with E-state index in [1.165, 1.54) is 11.1 Å². The summed E-state index contributed by atoms with van der Waals surface area (Å²) in [4.78, 5) is 0. The summed E-state index contributed by atoms with van der Waals surface area (Å²) in [7, 11) is 0. The van der Waals surface area contributed by atoms with Gasteiger partial charge in [0.05, 0.1) is 0 Å². The zero-order chi connectivity index (χ0) is 10.7. The van der Waals surface area contributed by atoms with Crippen LogP contribution in [0.4, 0.5) is 0 Å². The van der Waals surface area contributed by atoms with Crippen LogP contribution in [0, 0.1) is 0 Å². The molecule has 0 N–H and O–H groups in total. The van der Waals surface area contributed by atoms with Gasteiger partial charge in [-0.25, -0.2) is 0 Å². The fourth-order valence-corrected chi connectivity index (χ4v) is 2.43. The van der Waals surface area contributed by atoms with Gasteiger partial charge in [0.2, 0.25) is 0 Å². The molecule has 0 aliphatic heterocycles. The van der Waals surface area contributed by atoms with E-state index in [9.17, 15) is 0 Å². The molecule has 1 aliphatic rings. The van der Waals surface area contributed by atoms with Crippen molar-refractivity contribution >= 4 is 0 Å². The van der Waals surface area contributed by atoms with Crippen LogP contribution in [0.5, 0.6) is 0 Å². The third-order valence-corrected chi connectivity index (χ3v) is 3.25. The zero-order valence-electron chi connectivity index (χ0n) is 9.53. The Kier molecular flexibility index (Phi) is 3.05. The summed E-state index contributed by atoms with van der Waals surface area (Å²) < 4.78 is 0. The molecule has 1 aliphatic carbocycles. The first-order chi connectivity index (χ1) is 7.36. The number of fused-ring (bicyclic) bond motifs is 1. The normalized spacial score (nSPS) is 22.5. The second-order valence-corrected chi connectivity index (χ2v) is 4.10. The van der Waals surface area contributed by atoms with Crippen molar-refractivity contribution < 1.29 is 0 Å². The van der Waals surface area contributed by atoms with Crippen LogP contribution in [0.1, 0.15) is 37.3 Å². The predicted molar refractivity (Wildman–Crippen MR) is 66.1 cm³/mol. The molecular weight excluding hydrogens is 180 g/mol. The fraction of sp³-hybridized carbons (Fsp3) is 0.333. The van der Waals surface area contributed by atoms with Gasteiger partial charge in [-0.15, -0.1) is 0 Å². The second-order valence-electron chi connectivity index (χ2n) is 4.10. The molecule has 78 valence electrons. The van der Waals surface area contributed by atoms with Crippen molar-refractivity contribution in [1.82, 2.24) is 0 Å². The molecule has 15 heavy (non-hydrogen) atoms. The molecular formula is C15H18. The molecule has 0 radical (unpaired) electrons. The van der Waals surface area contributed by atoms with Crippen LogP contribution in [0.25, 0.3) is 0 Å². The number of rotatable bonds is 2. The molecule has 1 unspecified atom stereocenters. The van der Waals surface area contributed by atoms with Crippen molar-refractivity contribution in [2.24, 2.45) is 0 Å². The minimum absolute atomic E-state index is 0.627. The molecule has 2 rings (SSSR count). The first kappa shape index (κ1) is 10.2. The highest BCUT2D eigenvalue weighted by Crippen LogP contribution is 2.39. The first-order valence-corrected chi connectivity index (χ1v) is 5.71. The van der Waals surface area contributed by atoms with Gasteiger partial charge in [-0.05, 0) is 37.8 Å². The predicted octanol–water partition coefficient (Wildman–Crippen LogP) is 4.24. The second kappa shape index (κ2) is 4.48. The number of hydrogen-bond acceptors (Lipinski definition) is 0. The first-order valence-electron chi connectivity index (χ1n) is 5.71. The molecule has 1 aromatic rings. The Morgan fingerprint density at radius 1 is 1.27 bits per heavy atom. The summed E-state index contributed by atoms with van der Waals surface area (Å²) >= 11 is 0. The molecule has 0 aromatic heterocycles. The van der Waals surface area contributed by atoms with Crippen molar-refractivity contribution in [2.45, 2.75) is 32.6 Å². The summed E-state index contributed by atoms with van der Waals surface area (Å²) in [6.45, 7) is 4.25. The van der Waals surface area contributed by atoms with E-state index >= 15 is 0 Å². The van der Waals surface area contributed by atoms with Crippen LogP contribution in [0.15, 0.2) is 48.1 Å². The number of benzene rings is 1. The average Bonchev–Trinajstić information content (AvgIpc) is 2.64. The Morgan fingerprint density at radius 2 is 2.07 bits per heavy atom. The third-order valence-electron chi connectivity index (χ3n) is 3.25. The maximum Gasteiger partial charge on any atom is 0.00887 e. The summed E-state index contributed by atoms with van der Waals surface area (Å²) in [6, 6.07) is 8.83. The Balaban J connectivity index is 2.34. The molecule has 0 amide bonds. The van der Waals surface area contributed by atoms with Crippen molar-refractivity contribution in [1.29, 1.82) is 0 Å². The third kappa shape index (κ3) is 1.90. The molecule has 0 nitrogen and oxygen atoms in total. The van der Waals surface area contributed by atoms with E-state index in [2.05, 4.69) is 56.3 Å². The smallest absolute Gasteiger partial charge is 0.00887 e. The van der Waals surface area contributed by atoms with Crippen LogP contribution in [-0.4, -0.2) is 0 Å². The quantitative estimate of drug-likeness (QED) is 0.623. The van der Waals surface area contributed by atoms with Crippen molar-refractivity contribution in [3.8, 4) is 0 Å². The lowest BCUT2D eigenvalue weighted by Gasteiger charge is -2.10. The molecule has 0 bridgehead atoms. The minimum Gasteiger partial charge on any atom is -0.0916 e. The molecule has 0 fully saturated rings. The number of hydrogen-bond donors (Lipinski definition) is 0. The van der Waals surface area contributed by atoms with Gasteiger partial charge in [0.1, 0.15) is 0 Å². The Hall–Kier alpha value is -1.30. The topological polar surface area (TPSA) is 0 Å². The van der Waals surface area contributed by atoms with Gasteiger partial charge in [0.15, 0.2) is 0 Å². The largest absolute Gasteiger partial charge is 0.0916 e. The van der Waals surface area contributed by atoms with Gasteiger partial charge in [0.25, 0.3) is 0 Å². The summed E-state index contributed by atoms with van der Waals surface area (Å²) in [6.07, 6.45) is 9.00. The lowest BCUT2D eigenvalue weighted by Crippen LogP contribution is -1.94. The van der Waals surface area contributed by atoms with Crippen LogP contribution in [0.3, 0.4) is 0 Å². The maximum absolute atomic E-state index is 2.29. The van der Waals surface area contributed by atoms with Gasteiger partial charge in [-0.1, -0.05) is 48.1 Å². The highest BCUT2D eigenvalue weighted by Gasteiger charge is 2.24. The molecule has 0 saturated heterocycles. The van der Waals surface area contributed by atoms with E-state index in [1.54, 1.807) is 5.57 Å². The summed E-state index contributed by atoms with van der Waals surface area (Å²) in [5.41, 5.74) is 4.62. The Bertz CT molecular complexity index is 396. The van der Waals surface area contributed by atoms with Crippen LogP contribution >= 0.6 is 0 Å². The van der Waals surface area contributed by atoms with Gasteiger partial charge < -0.3 is 0 Å². The standard InChI is InChI=1S/C15H18/c1-3-5-9-14-12(4-2)11-13-8-6-7-10-15(13)14/h3-8,10,14H,9,11H2,1-2H3/b5-3+,12-4-. The van der Waals surface area contributed by atoms with Gasteiger partial charge in [0, 0.05) is 5.92 Å². The summed E-state index contributed by atoms with van der Waals surface area (Å²) in [5, 5.41) is 0. The van der Waals surface area contributed by atoms with Crippen molar-refractivity contribution in [3.05, 3.63) is 59.2 Å². The molecule has 0 spiro atoms. The van der Waals surface area contributed by atoms with E-state index in [4.69, 9.17) is 0 Å². The van der Waals surface area contributed by atoms with Crippen LogP contribution < -0.4 is 0 Å². The summed E-state index contributed by atoms with van der Waals surface area (Å²) in [5.74, 6) is 0.627. The monoisotopic (exact) mass is 198 g/mol. The van der Waals surface area contributed by atoms with E-state index in [-0.39, 0.29) is 0 Å². The van der Waals surface area contributed by atoms with E-state index in [0.717, 1.165) is 12.8 Å². The molecule has 1 atom stereocenters. The van der Waals surface area contributed by atoms with Gasteiger partial charge in [-0.2, -0.15) is 0 Å². The zero-order valence-corrected chi connectivity index (χ0v) is 9.53. The Morgan fingerprint density at radius 3 is 2.80 bits per heavy atom. The molecule has 0 saturated carbocycles. The lowest BCUT2D eigenvalue weighted by atomic mass is 9.94. The van der Waals surface area contributed by atoms with E-state index < -0.39 is 0 Å². The van der Waals surface area contributed by atoms with Gasteiger partial charge in [-0.3, -0.25) is 0 Å². The maximum atomic E-state index is 2.29. The van der Waals surface area contributed by atoms with Crippen LogP contribution in [-0.2, 0) is 6.42 Å². The van der Waals surface area contributed by atoms with Crippen molar-refractivity contribution in [2.75, 3.05) is 0 Å². The Labute approximate surface area is 92.3 Å². The molecule has 1 aromatic carbocycles. The average molecular weight is 198 g/mol. The van der Waals surface area contributed by atoms with Crippen molar-refractivity contribution in [3.63, 3.8) is 0 Å². The SMILES string of the molecule is C/C=C1/Cc2ccccc2C1C/C=C/C. The minimum atomic E-state index is 0.627. The fourth-order valence-electron chi connectivity index (χ4n) is 2.43. The van der Waals surface area contributed by atoms with E-state index in [1.807, 2.05) is 0 Å². The highest BCUT2D eigenvalue weighted by atomic mass is 14.3. The molecule has 0 heterocycles. The van der Waals surface area contributed by atoms with Gasteiger partial charge >= 0.3 is 0 Å². The van der Waals surface area contributed by atoms with E-state index in [0.29, 0.717) is 5.92 Å². The molecule has 0 heteroatoms. The number of allylic oxidation sites excluding steroid dienone is 4.